The molecule has 4 nitrogen and oxygen atoms in total. The lowest BCUT2D eigenvalue weighted by Gasteiger charge is -2.60. The highest BCUT2D eigenvalue weighted by molar-refractivity contribution is 5.69. The lowest BCUT2D eigenvalue weighted by Crippen LogP contribution is -2.63. The van der Waals surface area contributed by atoms with E-state index in [9.17, 15) is 14.6 Å². The molecule has 5 heteroatoms. The second kappa shape index (κ2) is 5.42. The van der Waals surface area contributed by atoms with Crippen molar-refractivity contribution in [3.05, 3.63) is 42.1 Å². The van der Waals surface area contributed by atoms with Crippen molar-refractivity contribution >= 4 is 0 Å². The highest BCUT2D eigenvalue weighted by Crippen LogP contribution is 2.60. The van der Waals surface area contributed by atoms with Gasteiger partial charge in [0.2, 0.25) is 0 Å². The van der Waals surface area contributed by atoms with E-state index >= 15 is 0 Å². The number of rotatable bonds is 3. The predicted molar refractivity (Wildman–Crippen MR) is 98.4 cm³/mol. The summed E-state index contributed by atoms with van der Waals surface area (Å²) < 4.78 is 16.6. The van der Waals surface area contributed by atoms with E-state index in [0.717, 1.165) is 48.8 Å². The van der Waals surface area contributed by atoms with Gasteiger partial charge in [0.15, 0.2) is 0 Å². The number of nitrogens with zero attached hydrogens (tertiary/aromatic N) is 2. The Morgan fingerprint density at radius 3 is 2.56 bits per heavy atom. The fourth-order valence-corrected chi connectivity index (χ4v) is 7.11. The maximum Gasteiger partial charge on any atom is 0.129 e. The number of benzene rings is 1. The van der Waals surface area contributed by atoms with E-state index in [2.05, 4.69) is 4.98 Å². The third-order valence-electron chi connectivity index (χ3n) is 8.09. The Hall–Kier alpha value is -1.72. The quantitative estimate of drug-likeness (QED) is 0.871. The van der Waals surface area contributed by atoms with Crippen LogP contribution in [-0.4, -0.2) is 31.5 Å². The van der Waals surface area contributed by atoms with Crippen LogP contribution in [0.4, 0.5) is 4.39 Å². The van der Waals surface area contributed by atoms with Gasteiger partial charge in [-0.15, -0.1) is 0 Å². The Morgan fingerprint density at radius 2 is 1.85 bits per heavy atom. The largest absolute Gasteiger partial charge is 0.390 e. The summed E-state index contributed by atoms with van der Waals surface area (Å²) in [5, 5.41) is 22.9. The summed E-state index contributed by atoms with van der Waals surface area (Å²) in [5.74, 6) is 1.58. The van der Waals surface area contributed by atoms with E-state index in [4.69, 9.17) is 0 Å². The van der Waals surface area contributed by atoms with Gasteiger partial charge in [0.05, 0.1) is 36.0 Å². The van der Waals surface area contributed by atoms with E-state index in [-0.39, 0.29) is 23.7 Å². The number of hydrogen-bond donors (Lipinski definition) is 2. The van der Waals surface area contributed by atoms with Crippen LogP contribution in [0.3, 0.4) is 0 Å². The lowest BCUT2D eigenvalue weighted by molar-refractivity contribution is -0.223. The van der Waals surface area contributed by atoms with Gasteiger partial charge in [-0.25, -0.2) is 9.37 Å². The lowest BCUT2D eigenvalue weighted by atomic mass is 9.48. The summed E-state index contributed by atoms with van der Waals surface area (Å²) in [7, 11) is 0. The third-order valence-corrected chi connectivity index (χ3v) is 8.09. The SMILES string of the molecule is O[C@@H](C[C@@H]1c2c(F)cccc2-c2cncn21)C1(O)C2CC3CC(C2)CC1C3. The van der Waals surface area contributed by atoms with Gasteiger partial charge in [0, 0.05) is 17.5 Å². The van der Waals surface area contributed by atoms with Gasteiger partial charge in [0.1, 0.15) is 5.82 Å². The molecule has 4 aliphatic carbocycles. The van der Waals surface area contributed by atoms with Crippen molar-refractivity contribution in [2.45, 2.75) is 56.3 Å². The van der Waals surface area contributed by atoms with Crippen LogP contribution in [0.5, 0.6) is 0 Å². The zero-order valence-corrected chi connectivity index (χ0v) is 15.3. The number of aliphatic hydroxyl groups excluding tert-OH is 1. The molecule has 1 aromatic carbocycles. The summed E-state index contributed by atoms with van der Waals surface area (Å²) in [4.78, 5) is 4.23. The Morgan fingerprint density at radius 1 is 1.15 bits per heavy atom. The molecule has 2 atom stereocenters. The van der Waals surface area contributed by atoms with Crippen molar-refractivity contribution < 1.29 is 14.6 Å². The molecular weight excluding hydrogens is 343 g/mol. The summed E-state index contributed by atoms with van der Waals surface area (Å²) in [5.41, 5.74) is 1.34. The molecule has 0 amide bonds. The molecular formula is C22H25FN2O2. The van der Waals surface area contributed by atoms with Gasteiger partial charge < -0.3 is 14.8 Å². The highest BCUT2D eigenvalue weighted by atomic mass is 19.1. The minimum atomic E-state index is -1.03. The molecule has 27 heavy (non-hydrogen) atoms. The standard InChI is InChI=1S/C22H25FN2O2/c23-17-3-1-2-16-19-10-24-11-25(19)18(21(16)17)9-20(26)22(27)14-5-12-4-13(7-14)8-15(22)6-12/h1-3,10-15,18,20,26-27H,4-9H2/t12?,13?,14?,15?,18-,20+,22?/m1/s1. The predicted octanol–water partition coefficient (Wildman–Crippen LogP) is 3.53. The van der Waals surface area contributed by atoms with Crippen LogP contribution in [0.1, 0.15) is 50.1 Å². The first-order chi connectivity index (χ1) is 13.1. The minimum absolute atomic E-state index is 0.188. The van der Waals surface area contributed by atoms with Gasteiger partial charge in [0.25, 0.3) is 0 Å². The van der Waals surface area contributed by atoms with Gasteiger partial charge in [-0.1, -0.05) is 12.1 Å². The topological polar surface area (TPSA) is 58.3 Å². The normalized spacial score (nSPS) is 39.4. The zero-order chi connectivity index (χ0) is 18.3. The molecule has 1 aromatic heterocycles. The summed E-state index contributed by atoms with van der Waals surface area (Å²) in [6, 6.07) is 4.80. The second-order valence-corrected chi connectivity index (χ2v) is 9.35. The molecule has 0 unspecified atom stereocenters. The average molecular weight is 368 g/mol. The van der Waals surface area contributed by atoms with Crippen LogP contribution in [0.15, 0.2) is 30.7 Å². The van der Waals surface area contributed by atoms with Gasteiger partial charge in [-0.05, 0) is 61.8 Å². The van der Waals surface area contributed by atoms with E-state index < -0.39 is 11.7 Å². The first kappa shape index (κ1) is 16.3. The van der Waals surface area contributed by atoms with E-state index in [1.165, 1.54) is 12.5 Å². The summed E-state index contributed by atoms with van der Waals surface area (Å²) in [6.45, 7) is 0. The molecule has 5 aliphatic rings. The van der Waals surface area contributed by atoms with E-state index in [1.807, 2.05) is 10.6 Å². The first-order valence-corrected chi connectivity index (χ1v) is 10.3. The van der Waals surface area contributed by atoms with Crippen LogP contribution in [0, 0.1) is 29.5 Å². The van der Waals surface area contributed by atoms with E-state index in [1.54, 1.807) is 18.6 Å². The molecule has 0 saturated heterocycles. The first-order valence-electron chi connectivity index (χ1n) is 10.3. The Labute approximate surface area is 158 Å². The molecule has 4 bridgehead atoms. The van der Waals surface area contributed by atoms with Crippen LogP contribution >= 0.6 is 0 Å². The molecule has 142 valence electrons. The Bertz CT molecular complexity index is 879. The number of aliphatic hydroxyl groups is 2. The molecule has 7 rings (SSSR count). The van der Waals surface area contributed by atoms with Crippen molar-refractivity contribution in [1.82, 2.24) is 9.55 Å². The Balaban J connectivity index is 1.36. The smallest absolute Gasteiger partial charge is 0.129 e. The van der Waals surface area contributed by atoms with Crippen molar-refractivity contribution in [3.63, 3.8) is 0 Å². The zero-order valence-electron chi connectivity index (χ0n) is 15.3. The number of hydrogen-bond acceptors (Lipinski definition) is 3. The molecule has 2 N–H and O–H groups in total. The molecule has 0 radical (unpaired) electrons. The van der Waals surface area contributed by atoms with Gasteiger partial charge >= 0.3 is 0 Å². The summed E-state index contributed by atoms with van der Waals surface area (Å²) in [6.07, 6.45) is 8.39. The average Bonchev–Trinajstić information content (AvgIpc) is 3.22. The second-order valence-electron chi connectivity index (χ2n) is 9.35. The maximum absolute atomic E-state index is 14.7. The summed E-state index contributed by atoms with van der Waals surface area (Å²) >= 11 is 0. The Kier molecular flexibility index (Phi) is 3.26. The van der Waals surface area contributed by atoms with Crippen LogP contribution in [0.2, 0.25) is 0 Å². The monoisotopic (exact) mass is 368 g/mol. The van der Waals surface area contributed by atoms with Gasteiger partial charge in [-0.2, -0.15) is 0 Å². The van der Waals surface area contributed by atoms with Gasteiger partial charge in [-0.3, -0.25) is 0 Å². The molecule has 2 aromatic rings. The van der Waals surface area contributed by atoms with Crippen LogP contribution < -0.4 is 0 Å². The van der Waals surface area contributed by atoms with Crippen molar-refractivity contribution in [2.75, 3.05) is 0 Å². The third kappa shape index (κ3) is 2.07. The number of imidazole rings is 1. The maximum atomic E-state index is 14.7. The molecule has 2 heterocycles. The number of fused-ring (bicyclic) bond motifs is 3. The molecule has 4 fully saturated rings. The van der Waals surface area contributed by atoms with Crippen molar-refractivity contribution in [1.29, 1.82) is 0 Å². The molecule has 1 aliphatic heterocycles. The fourth-order valence-electron chi connectivity index (χ4n) is 7.11. The molecule has 4 saturated carbocycles. The van der Waals surface area contributed by atoms with E-state index in [0.29, 0.717) is 12.0 Å². The van der Waals surface area contributed by atoms with Crippen LogP contribution in [0.25, 0.3) is 11.3 Å². The van der Waals surface area contributed by atoms with Crippen molar-refractivity contribution in [2.24, 2.45) is 23.7 Å². The van der Waals surface area contributed by atoms with Crippen molar-refractivity contribution in [3.8, 4) is 11.3 Å². The number of aromatic nitrogens is 2. The van der Waals surface area contributed by atoms with Crippen LogP contribution in [-0.2, 0) is 0 Å². The molecule has 0 spiro atoms. The number of halogens is 1. The minimum Gasteiger partial charge on any atom is -0.390 e. The fraction of sp³-hybridized carbons (Fsp3) is 0.591. The highest BCUT2D eigenvalue weighted by Gasteiger charge is 2.59.